The molecule has 0 bridgehead atoms. The van der Waals surface area contributed by atoms with Gasteiger partial charge >= 0.3 is 31.3 Å². The first kappa shape index (κ1) is 26.9. The zero-order chi connectivity index (χ0) is 14.0. The van der Waals surface area contributed by atoms with Gasteiger partial charge in [-0.1, -0.05) is 0 Å². The van der Waals surface area contributed by atoms with Crippen molar-refractivity contribution in [3.05, 3.63) is 0 Å². The molecule has 0 aliphatic carbocycles. The molecule has 0 atom stereocenters. The molecule has 0 saturated carbocycles. The summed E-state index contributed by atoms with van der Waals surface area (Å²) < 4.78 is 115. The minimum absolute atomic E-state index is 0. The Bertz CT molecular complexity index is 378. The second-order valence-electron chi connectivity index (χ2n) is 1.84. The summed E-state index contributed by atoms with van der Waals surface area (Å²) in [5, 5.41) is 0. The van der Waals surface area contributed by atoms with E-state index in [1.54, 1.807) is 0 Å². The molecule has 0 fully saturated rings. The maximum absolute atomic E-state index is 10.7. The quantitative estimate of drug-likeness (QED) is 0.265. The molecule has 18 heavy (non-hydrogen) atoms. The second kappa shape index (κ2) is 7.89. The third-order valence-electron chi connectivity index (χ3n) is 0.585. The van der Waals surface area contributed by atoms with Crippen molar-refractivity contribution < 1.29 is 86.4 Å². The van der Waals surface area contributed by atoms with Crippen molar-refractivity contribution in [1.82, 2.24) is 0 Å². The van der Waals surface area contributed by atoms with Crippen molar-refractivity contribution in [1.29, 1.82) is 0 Å². The first-order chi connectivity index (χ1) is 6.50. The van der Waals surface area contributed by atoms with Gasteiger partial charge in [0.05, 0.1) is 0 Å². The SMILES string of the molecule is O=S(=O)(O)C(F)(F)F.O=S(=O)(O)C(F)(F)F.[Mn].[Mn]. The van der Waals surface area contributed by atoms with Gasteiger partial charge < -0.3 is 0 Å². The number of hydrogen-bond donors (Lipinski definition) is 2. The van der Waals surface area contributed by atoms with Crippen LogP contribution in [-0.2, 0) is 54.4 Å². The van der Waals surface area contributed by atoms with Gasteiger partial charge in [0.2, 0.25) is 0 Å². The summed E-state index contributed by atoms with van der Waals surface area (Å²) in [5.74, 6) is 0. The molecule has 0 spiro atoms. The molecule has 6 nitrogen and oxygen atoms in total. The fraction of sp³-hybridized carbons (Fsp3) is 1.00. The number of rotatable bonds is 0. The molecule has 0 amide bonds. The standard InChI is InChI=1S/2CHF3O3S.2Mn/c2*2-1(3,4)8(5,6)7;;/h2*(H,5,6,7);;. The second-order valence-corrected chi connectivity index (χ2v) is 4.67. The van der Waals surface area contributed by atoms with Crippen molar-refractivity contribution in [3.63, 3.8) is 0 Å². The van der Waals surface area contributed by atoms with E-state index in [1.807, 2.05) is 0 Å². The first-order valence-corrected chi connectivity index (χ1v) is 5.45. The van der Waals surface area contributed by atoms with Gasteiger partial charge in [0, 0.05) is 34.1 Å². The number of alkyl halides is 6. The van der Waals surface area contributed by atoms with Gasteiger partial charge in [-0.15, -0.1) is 0 Å². The molecule has 0 heterocycles. The summed E-state index contributed by atoms with van der Waals surface area (Å²) in [6, 6.07) is 0. The van der Waals surface area contributed by atoms with Gasteiger partial charge in [-0.2, -0.15) is 43.2 Å². The van der Waals surface area contributed by atoms with Gasteiger partial charge in [0.1, 0.15) is 0 Å². The van der Waals surface area contributed by atoms with E-state index in [2.05, 4.69) is 0 Å². The Hall–Kier alpha value is 0.439. The van der Waals surface area contributed by atoms with E-state index in [4.69, 9.17) is 25.9 Å². The zero-order valence-electron chi connectivity index (χ0n) is 7.37. The molecular formula is C2H2F6Mn2O6S2. The molecule has 0 aliphatic heterocycles. The molecule has 114 valence electrons. The van der Waals surface area contributed by atoms with Crippen LogP contribution in [0.4, 0.5) is 26.3 Å². The van der Waals surface area contributed by atoms with Crippen molar-refractivity contribution in [2.45, 2.75) is 11.0 Å². The zero-order valence-corrected chi connectivity index (χ0v) is 11.4. The Morgan fingerprint density at radius 3 is 0.667 bits per heavy atom. The van der Waals surface area contributed by atoms with E-state index >= 15 is 0 Å². The maximum atomic E-state index is 10.7. The van der Waals surface area contributed by atoms with Crippen LogP contribution in [0.2, 0.25) is 0 Å². The van der Waals surface area contributed by atoms with Crippen molar-refractivity contribution in [2.24, 2.45) is 0 Å². The van der Waals surface area contributed by atoms with Crippen molar-refractivity contribution in [3.8, 4) is 0 Å². The van der Waals surface area contributed by atoms with Crippen LogP contribution in [0.25, 0.3) is 0 Å². The predicted octanol–water partition coefficient (Wildman–Crippen LogP) is 0.783. The molecule has 0 rings (SSSR count). The Kier molecular flexibility index (Phi) is 11.8. The van der Waals surface area contributed by atoms with Crippen molar-refractivity contribution in [2.75, 3.05) is 0 Å². The van der Waals surface area contributed by atoms with Crippen molar-refractivity contribution >= 4 is 20.2 Å². The van der Waals surface area contributed by atoms with Crippen LogP contribution in [0.5, 0.6) is 0 Å². The van der Waals surface area contributed by atoms with Gasteiger partial charge in [-0.25, -0.2) is 0 Å². The van der Waals surface area contributed by atoms with Crippen LogP contribution < -0.4 is 0 Å². The van der Waals surface area contributed by atoms with Crippen LogP contribution in [0.15, 0.2) is 0 Å². The molecular weight excluding hydrogens is 408 g/mol. The third-order valence-corrected chi connectivity index (χ3v) is 1.75. The maximum Gasteiger partial charge on any atom is 0.522 e. The van der Waals surface area contributed by atoms with E-state index in [0.29, 0.717) is 0 Å². The Morgan fingerprint density at radius 2 is 0.667 bits per heavy atom. The summed E-state index contributed by atoms with van der Waals surface area (Å²) in [4.78, 5) is 0. The van der Waals surface area contributed by atoms with E-state index in [1.165, 1.54) is 0 Å². The average Bonchev–Trinajstić information content (AvgIpc) is 1.77. The molecule has 0 aromatic rings. The molecule has 0 aliphatic rings. The smallest absolute Gasteiger partial charge is 0.279 e. The Morgan fingerprint density at radius 1 is 0.611 bits per heavy atom. The summed E-state index contributed by atoms with van der Waals surface area (Å²) in [5.41, 5.74) is -11.1. The summed E-state index contributed by atoms with van der Waals surface area (Å²) in [6.07, 6.45) is 0. The Labute approximate surface area is 118 Å². The minimum atomic E-state index is -5.84. The normalized spacial score (nSPS) is 12.4. The molecule has 2 N–H and O–H groups in total. The minimum Gasteiger partial charge on any atom is -0.279 e. The van der Waals surface area contributed by atoms with Crippen LogP contribution in [0.3, 0.4) is 0 Å². The largest absolute Gasteiger partial charge is 0.522 e. The van der Waals surface area contributed by atoms with E-state index in [9.17, 15) is 26.3 Å². The van der Waals surface area contributed by atoms with Crippen LogP contribution in [-0.4, -0.2) is 37.0 Å². The number of halogens is 6. The van der Waals surface area contributed by atoms with Gasteiger partial charge in [-0.05, 0) is 0 Å². The molecule has 0 unspecified atom stereocenters. The average molecular weight is 410 g/mol. The van der Waals surface area contributed by atoms with E-state index in [-0.39, 0.29) is 34.1 Å². The van der Waals surface area contributed by atoms with E-state index < -0.39 is 31.3 Å². The van der Waals surface area contributed by atoms with Crippen LogP contribution >= 0.6 is 0 Å². The third kappa shape index (κ3) is 11.5. The molecule has 16 heteroatoms. The monoisotopic (exact) mass is 410 g/mol. The van der Waals surface area contributed by atoms with E-state index in [0.717, 1.165) is 0 Å². The molecule has 2 radical (unpaired) electrons. The van der Waals surface area contributed by atoms with Crippen LogP contribution in [0, 0.1) is 0 Å². The van der Waals surface area contributed by atoms with Gasteiger partial charge in [0.15, 0.2) is 0 Å². The summed E-state index contributed by atoms with van der Waals surface area (Å²) >= 11 is 0. The molecule has 0 aromatic carbocycles. The fourth-order valence-corrected chi connectivity index (χ4v) is 0. The summed E-state index contributed by atoms with van der Waals surface area (Å²) in [7, 11) is -11.7. The topological polar surface area (TPSA) is 109 Å². The van der Waals surface area contributed by atoms with Gasteiger partial charge in [-0.3, -0.25) is 9.11 Å². The molecule has 0 saturated heterocycles. The number of hydrogen-bond acceptors (Lipinski definition) is 4. The predicted molar refractivity (Wildman–Crippen MR) is 35.2 cm³/mol. The van der Waals surface area contributed by atoms with Gasteiger partial charge in [0.25, 0.3) is 0 Å². The fourth-order valence-electron chi connectivity index (χ4n) is 0. The first-order valence-electron chi connectivity index (χ1n) is 2.57. The van der Waals surface area contributed by atoms with Crippen LogP contribution in [0.1, 0.15) is 0 Å². The summed E-state index contributed by atoms with van der Waals surface area (Å²) in [6.45, 7) is 0. The molecule has 0 aromatic heterocycles. The Balaban J connectivity index is -0.0000000980.